The Labute approximate surface area is 744 Å². The fourth-order valence-electron chi connectivity index (χ4n) is 8.65. The Morgan fingerprint density at radius 3 is 0.258 bits per heavy atom. The molecule has 0 aliphatic rings. The molecule has 0 aromatic carbocycles. The van der Waals surface area contributed by atoms with Crippen molar-refractivity contribution in [2.45, 2.75) is 150 Å². The van der Waals surface area contributed by atoms with Gasteiger partial charge in [0.2, 0.25) is 0 Å². The molecule has 60 heteroatoms. The lowest BCUT2D eigenvalue weighted by molar-refractivity contribution is -0.139. The second kappa shape index (κ2) is 64.4. The monoisotopic (exact) mass is 1860 g/mol. The first kappa shape index (κ1) is 114. The highest BCUT2D eigenvalue weighted by atomic mass is 16.4. The highest BCUT2D eigenvalue weighted by molar-refractivity contribution is 5.77. The van der Waals surface area contributed by atoms with Crippen molar-refractivity contribution in [2.75, 3.05) is 0 Å². The quantitative estimate of drug-likeness (QED) is 0.0173. The number of nitrogens with two attached hydrogens (primary N) is 12. The summed E-state index contributed by atoms with van der Waals surface area (Å²) in [6.45, 7) is 0. The van der Waals surface area contributed by atoms with Crippen molar-refractivity contribution in [1.82, 2.24) is 120 Å². The molecule has 12 rings (SSSR count). The molecule has 12 atom stereocenters. The normalized spacial score (nSPS) is 12.8. The molecule has 0 amide bonds. The molecule has 12 heterocycles. The van der Waals surface area contributed by atoms with Crippen LogP contribution in [0.5, 0.6) is 0 Å². The zero-order valence-electron chi connectivity index (χ0n) is 69.8. The minimum atomic E-state index is -1.00. The van der Waals surface area contributed by atoms with Crippen molar-refractivity contribution in [1.29, 1.82) is 0 Å². The molecule has 0 radical (unpaired) electrons. The lowest BCUT2D eigenvalue weighted by Crippen LogP contribution is -2.32. The van der Waals surface area contributed by atoms with Crippen molar-refractivity contribution in [3.8, 4) is 0 Å². The summed E-state index contributed by atoms with van der Waals surface area (Å²) >= 11 is 0. The van der Waals surface area contributed by atoms with Gasteiger partial charge in [-0.1, -0.05) is 0 Å². The summed E-state index contributed by atoms with van der Waals surface area (Å²) in [6.07, 6.45) is 40.0. The number of hydrogen-bond acceptors (Lipinski definition) is 36. The summed E-state index contributed by atoms with van der Waals surface area (Å²) < 4.78 is 0. The van der Waals surface area contributed by atoms with Crippen molar-refractivity contribution >= 4 is 71.6 Å². The third kappa shape index (κ3) is 53.9. The molecule has 0 spiro atoms. The topological polar surface area (TPSA) is 1100 Å². The predicted octanol–water partition coefficient (Wildman–Crippen LogP) is -7.63. The number of aromatic nitrogens is 24. The predicted molar refractivity (Wildman–Crippen MR) is 455 cm³/mol. The Hall–Kier alpha value is -16.3. The lowest BCUT2D eigenvalue weighted by atomic mass is 10.2. The Morgan fingerprint density at radius 2 is 0.220 bits per heavy atom. The Kier molecular flexibility index (Phi) is 55.5. The molecule has 0 aliphatic heterocycles. The number of aromatic amines is 12. The van der Waals surface area contributed by atoms with Gasteiger partial charge in [-0.05, 0) is 0 Å². The van der Waals surface area contributed by atoms with Crippen LogP contribution in [0.25, 0.3) is 0 Å². The van der Waals surface area contributed by atoms with Crippen LogP contribution in [0.1, 0.15) is 68.3 Å². The molecule has 0 saturated heterocycles. The number of H-pyrrole nitrogens is 12. The summed E-state index contributed by atoms with van der Waals surface area (Å²) in [7, 11) is 0. The molecular weight excluding hydrogens is 1750 g/mol. The van der Waals surface area contributed by atoms with E-state index in [0.29, 0.717) is 0 Å². The van der Waals surface area contributed by atoms with Gasteiger partial charge < -0.3 is 190 Å². The first-order valence-corrected chi connectivity index (χ1v) is 37.9. The van der Waals surface area contributed by atoms with Gasteiger partial charge in [-0.15, -0.1) is 0 Å². The number of nitrogens with one attached hydrogen (secondary N) is 12. The van der Waals surface area contributed by atoms with Crippen LogP contribution in [0.4, 0.5) is 0 Å². The van der Waals surface area contributed by atoms with E-state index in [0.717, 1.165) is 68.3 Å². The van der Waals surface area contributed by atoms with E-state index in [9.17, 15) is 57.5 Å². The Balaban J connectivity index is 0.000000720. The van der Waals surface area contributed by atoms with E-state index in [4.69, 9.17) is 130 Å². The van der Waals surface area contributed by atoms with E-state index < -0.39 is 144 Å². The standard InChI is InChI=1S/12C6H9N3O2/c12*7-5(6(10)11)1-4-2-8-3-9-4/h12*2-3,5H,1,7H2,(H,8,9)(H,10,11)/t12*5-/m000000000000/s1. The van der Waals surface area contributed by atoms with Crippen LogP contribution in [0.2, 0.25) is 0 Å². The maximum atomic E-state index is 10.3. The maximum absolute atomic E-state index is 10.3. The second-order valence-electron chi connectivity index (χ2n) is 26.7. The molecule has 0 aliphatic carbocycles. The molecule has 60 nitrogen and oxygen atoms in total. The van der Waals surface area contributed by atoms with E-state index in [-0.39, 0.29) is 77.0 Å². The molecule has 48 N–H and O–H groups in total. The molecule has 0 saturated carbocycles. The first-order chi connectivity index (χ1) is 62.4. The van der Waals surface area contributed by atoms with Crippen molar-refractivity contribution < 1.29 is 119 Å². The molecular formula is C72H108N36O24. The summed E-state index contributed by atoms with van der Waals surface area (Å²) in [4.78, 5) is 201. The number of nitrogens with zero attached hydrogens (tertiary/aromatic N) is 12. The van der Waals surface area contributed by atoms with Gasteiger partial charge in [-0.3, -0.25) is 57.5 Å². The number of carbonyl (C=O) groups is 12. The first-order valence-electron chi connectivity index (χ1n) is 37.9. The summed E-state index contributed by atoms with van der Waals surface area (Å²) in [6, 6.07) is -10.2. The third-order valence-electron chi connectivity index (χ3n) is 15.7. The van der Waals surface area contributed by atoms with Crippen LogP contribution in [0, 0.1) is 0 Å². The smallest absolute Gasteiger partial charge is 0.320 e. The van der Waals surface area contributed by atoms with Gasteiger partial charge >= 0.3 is 71.6 Å². The maximum Gasteiger partial charge on any atom is 0.320 e. The fourth-order valence-corrected chi connectivity index (χ4v) is 8.65. The fraction of sp³-hybridized carbons (Fsp3) is 0.333. The summed E-state index contributed by atoms with van der Waals surface area (Å²) in [5, 5.41) is 101. The van der Waals surface area contributed by atoms with Crippen molar-refractivity contribution in [2.24, 2.45) is 68.8 Å². The molecule has 0 unspecified atom stereocenters. The van der Waals surface area contributed by atoms with Crippen molar-refractivity contribution in [3.63, 3.8) is 0 Å². The van der Waals surface area contributed by atoms with E-state index in [1.165, 1.54) is 75.9 Å². The number of rotatable bonds is 36. The van der Waals surface area contributed by atoms with Gasteiger partial charge in [0.05, 0.1) is 75.9 Å². The Bertz CT molecular complexity index is 3910. The zero-order chi connectivity index (χ0) is 99.2. The average Bonchev–Trinajstić information content (AvgIpc) is 1.89. The summed E-state index contributed by atoms with van der Waals surface area (Å²) in [5.74, 6) is -12.0. The number of hydrogen-bond donors (Lipinski definition) is 36. The van der Waals surface area contributed by atoms with Gasteiger partial charge in [0.15, 0.2) is 0 Å². The van der Waals surface area contributed by atoms with Gasteiger partial charge in [0, 0.05) is 220 Å². The molecule has 12 aromatic rings. The second-order valence-corrected chi connectivity index (χ2v) is 26.7. The highest BCUT2D eigenvalue weighted by Gasteiger charge is 2.21. The van der Waals surface area contributed by atoms with E-state index >= 15 is 0 Å². The molecule has 12 aromatic heterocycles. The molecule has 132 heavy (non-hydrogen) atoms. The minimum absolute atomic E-state index is 0.287. The average molecular weight is 1860 g/mol. The summed E-state index contributed by atoms with van der Waals surface area (Å²) in [5.41, 5.74) is 72.0. The highest BCUT2D eigenvalue weighted by Crippen LogP contribution is 2.05. The van der Waals surface area contributed by atoms with Crippen LogP contribution < -0.4 is 68.8 Å². The SMILES string of the molecule is N[C@@H](Cc1cnc[nH]1)C(=O)O.N[C@@H](Cc1cnc[nH]1)C(=O)O.N[C@@H](Cc1cnc[nH]1)C(=O)O.N[C@@H](Cc1cnc[nH]1)C(=O)O.N[C@@H](Cc1cnc[nH]1)C(=O)O.N[C@@H](Cc1cnc[nH]1)C(=O)O.N[C@@H](Cc1cnc[nH]1)C(=O)O.N[C@@H](Cc1cnc[nH]1)C(=O)O.N[C@@H](Cc1cnc[nH]1)C(=O)O.N[C@@H](Cc1cnc[nH]1)C(=O)O.N[C@@H](Cc1cnc[nH]1)C(=O)O.N[C@@H](Cc1cnc[nH]1)C(=O)O. The van der Waals surface area contributed by atoms with Crippen LogP contribution >= 0.6 is 0 Å². The van der Waals surface area contributed by atoms with Crippen LogP contribution in [0.15, 0.2) is 150 Å². The van der Waals surface area contributed by atoms with Gasteiger partial charge in [0.1, 0.15) is 72.5 Å². The lowest BCUT2D eigenvalue weighted by Gasteiger charge is -2.02. The molecule has 720 valence electrons. The number of aliphatic carboxylic acids is 12. The van der Waals surface area contributed by atoms with Crippen LogP contribution in [-0.2, 0) is 135 Å². The van der Waals surface area contributed by atoms with Crippen LogP contribution in [-0.4, -0.2) is 325 Å². The van der Waals surface area contributed by atoms with E-state index in [1.54, 1.807) is 74.4 Å². The van der Waals surface area contributed by atoms with E-state index in [2.05, 4.69) is 120 Å². The number of carboxylic acid groups (broad SMARTS) is 12. The van der Waals surface area contributed by atoms with Crippen molar-refractivity contribution in [3.05, 3.63) is 219 Å². The molecule has 0 bridgehead atoms. The Morgan fingerprint density at radius 1 is 0.159 bits per heavy atom. The molecule has 0 fully saturated rings. The van der Waals surface area contributed by atoms with Gasteiger partial charge in [-0.25, -0.2) is 59.8 Å². The number of imidazole rings is 12. The number of carboxylic acids is 12. The van der Waals surface area contributed by atoms with Crippen LogP contribution in [0.3, 0.4) is 0 Å². The zero-order valence-corrected chi connectivity index (χ0v) is 69.8. The third-order valence-corrected chi connectivity index (χ3v) is 15.7. The largest absolute Gasteiger partial charge is 0.480 e. The van der Waals surface area contributed by atoms with Gasteiger partial charge in [0.25, 0.3) is 0 Å². The van der Waals surface area contributed by atoms with E-state index in [1.807, 2.05) is 0 Å². The van der Waals surface area contributed by atoms with Gasteiger partial charge in [-0.2, -0.15) is 0 Å². The minimum Gasteiger partial charge on any atom is -0.480 e.